The van der Waals surface area contributed by atoms with Gasteiger partial charge in [-0.2, -0.15) is 0 Å². The van der Waals surface area contributed by atoms with Crippen LogP contribution in [0.3, 0.4) is 0 Å². The Balaban J connectivity index is 1.67. The maximum Gasteiger partial charge on any atom is 0.259 e. The molecule has 0 saturated heterocycles. The quantitative estimate of drug-likeness (QED) is 0.556. The molecule has 0 bridgehead atoms. The summed E-state index contributed by atoms with van der Waals surface area (Å²) < 4.78 is 15.7. The molecule has 0 unspecified atom stereocenters. The standard InChI is InChI=1S/C21H16FN5O2/c1-13(28)23-14-6-4-7-15(12-14)24-21(29)17-9-5-11-27-19(25-26-20(17)27)16-8-2-3-10-18(16)22/h2-12H,1H3,(H,23,28)(H,24,29). The normalized spacial score (nSPS) is 10.7. The number of carbonyl (C=O) groups excluding carboxylic acids is 2. The third-order valence-electron chi connectivity index (χ3n) is 4.23. The van der Waals surface area contributed by atoms with Crippen LogP contribution in [0.5, 0.6) is 0 Å². The first-order chi connectivity index (χ1) is 14.0. The Morgan fingerprint density at radius 2 is 1.69 bits per heavy atom. The molecule has 2 amide bonds. The maximum absolute atomic E-state index is 14.2. The molecule has 144 valence electrons. The summed E-state index contributed by atoms with van der Waals surface area (Å²) in [6.07, 6.45) is 1.67. The second-order valence-corrected chi connectivity index (χ2v) is 6.34. The van der Waals surface area contributed by atoms with E-state index < -0.39 is 11.7 Å². The Bertz CT molecular complexity index is 1230. The van der Waals surface area contributed by atoms with E-state index in [1.807, 2.05) is 0 Å². The zero-order valence-electron chi connectivity index (χ0n) is 15.4. The molecule has 7 nitrogen and oxygen atoms in total. The average molecular weight is 389 g/mol. The Hall–Kier alpha value is -4.07. The monoisotopic (exact) mass is 389 g/mol. The number of carbonyl (C=O) groups is 2. The summed E-state index contributed by atoms with van der Waals surface area (Å²) >= 11 is 0. The molecule has 0 aliphatic carbocycles. The van der Waals surface area contributed by atoms with Crippen LogP contribution in [-0.4, -0.2) is 26.4 Å². The van der Waals surface area contributed by atoms with Crippen LogP contribution >= 0.6 is 0 Å². The van der Waals surface area contributed by atoms with Gasteiger partial charge in [-0.15, -0.1) is 10.2 Å². The molecular formula is C21H16FN5O2. The Kier molecular flexibility index (Phi) is 4.74. The molecule has 0 saturated carbocycles. The van der Waals surface area contributed by atoms with Crippen molar-refractivity contribution >= 4 is 28.8 Å². The maximum atomic E-state index is 14.2. The summed E-state index contributed by atoms with van der Waals surface area (Å²) in [4.78, 5) is 24.0. The van der Waals surface area contributed by atoms with Crippen LogP contribution in [0.15, 0.2) is 66.9 Å². The van der Waals surface area contributed by atoms with E-state index in [0.29, 0.717) is 28.4 Å². The molecule has 4 aromatic rings. The van der Waals surface area contributed by atoms with E-state index in [-0.39, 0.29) is 11.5 Å². The molecule has 0 atom stereocenters. The fraction of sp³-hybridized carbons (Fsp3) is 0.0476. The number of hydrogen-bond donors (Lipinski definition) is 2. The molecule has 0 radical (unpaired) electrons. The Morgan fingerprint density at radius 3 is 2.45 bits per heavy atom. The number of pyridine rings is 1. The highest BCUT2D eigenvalue weighted by molar-refractivity contribution is 6.08. The van der Waals surface area contributed by atoms with Gasteiger partial charge in [0.05, 0.1) is 11.1 Å². The second kappa shape index (κ2) is 7.51. The lowest BCUT2D eigenvalue weighted by Crippen LogP contribution is -2.14. The predicted octanol–water partition coefficient (Wildman–Crippen LogP) is 3.75. The number of hydrogen-bond acceptors (Lipinski definition) is 4. The van der Waals surface area contributed by atoms with Crippen LogP contribution in [0, 0.1) is 5.82 Å². The van der Waals surface area contributed by atoms with E-state index in [4.69, 9.17) is 0 Å². The Labute approximate surface area is 165 Å². The van der Waals surface area contributed by atoms with Gasteiger partial charge in [-0.1, -0.05) is 18.2 Å². The minimum atomic E-state index is -0.425. The molecule has 29 heavy (non-hydrogen) atoms. The minimum Gasteiger partial charge on any atom is -0.326 e. The van der Waals surface area contributed by atoms with E-state index in [1.54, 1.807) is 65.2 Å². The molecule has 0 fully saturated rings. The molecule has 2 aromatic heterocycles. The Morgan fingerprint density at radius 1 is 0.931 bits per heavy atom. The summed E-state index contributed by atoms with van der Waals surface area (Å²) in [6, 6.07) is 16.3. The van der Waals surface area contributed by atoms with Gasteiger partial charge in [0, 0.05) is 24.5 Å². The number of nitrogens with zero attached hydrogens (tertiary/aromatic N) is 3. The highest BCUT2D eigenvalue weighted by Gasteiger charge is 2.17. The van der Waals surface area contributed by atoms with Crippen LogP contribution in [0.4, 0.5) is 15.8 Å². The summed E-state index contributed by atoms with van der Waals surface area (Å²) in [7, 11) is 0. The molecule has 2 N–H and O–H groups in total. The first-order valence-electron chi connectivity index (χ1n) is 8.80. The van der Waals surface area contributed by atoms with Crippen LogP contribution in [0.1, 0.15) is 17.3 Å². The van der Waals surface area contributed by atoms with Gasteiger partial charge in [-0.05, 0) is 42.5 Å². The average Bonchev–Trinajstić information content (AvgIpc) is 3.12. The van der Waals surface area contributed by atoms with Crippen LogP contribution < -0.4 is 10.6 Å². The number of rotatable bonds is 4. The van der Waals surface area contributed by atoms with Crippen LogP contribution in [0.2, 0.25) is 0 Å². The first kappa shape index (κ1) is 18.3. The van der Waals surface area contributed by atoms with Crippen LogP contribution in [-0.2, 0) is 4.79 Å². The van der Waals surface area contributed by atoms with Crippen molar-refractivity contribution in [1.29, 1.82) is 0 Å². The first-order valence-corrected chi connectivity index (χ1v) is 8.80. The van der Waals surface area contributed by atoms with Crippen molar-refractivity contribution in [3.05, 3.63) is 78.2 Å². The van der Waals surface area contributed by atoms with Crippen molar-refractivity contribution in [3.8, 4) is 11.4 Å². The predicted molar refractivity (Wildman–Crippen MR) is 107 cm³/mol. The van der Waals surface area contributed by atoms with E-state index in [0.717, 1.165) is 0 Å². The van der Waals surface area contributed by atoms with Gasteiger partial charge >= 0.3 is 0 Å². The largest absolute Gasteiger partial charge is 0.326 e. The molecular weight excluding hydrogens is 373 g/mol. The van der Waals surface area contributed by atoms with E-state index in [1.165, 1.54) is 13.0 Å². The summed E-state index contributed by atoms with van der Waals surface area (Å²) in [6.45, 7) is 1.41. The third-order valence-corrected chi connectivity index (χ3v) is 4.23. The summed E-state index contributed by atoms with van der Waals surface area (Å²) in [5.41, 5.74) is 1.96. The van der Waals surface area contributed by atoms with E-state index in [9.17, 15) is 14.0 Å². The number of aromatic nitrogens is 3. The van der Waals surface area contributed by atoms with Gasteiger partial charge < -0.3 is 10.6 Å². The molecule has 0 spiro atoms. The third kappa shape index (κ3) is 3.68. The second-order valence-electron chi connectivity index (χ2n) is 6.34. The highest BCUT2D eigenvalue weighted by atomic mass is 19.1. The molecule has 2 heterocycles. The lowest BCUT2D eigenvalue weighted by Gasteiger charge is -2.09. The molecule has 0 aliphatic heterocycles. The zero-order chi connectivity index (χ0) is 20.4. The zero-order valence-corrected chi connectivity index (χ0v) is 15.4. The number of halogens is 1. The van der Waals surface area contributed by atoms with Crippen molar-refractivity contribution < 1.29 is 14.0 Å². The summed E-state index contributed by atoms with van der Waals surface area (Å²) in [5.74, 6) is -0.725. The molecule has 0 aliphatic rings. The van der Waals surface area contributed by atoms with Gasteiger partial charge in [-0.3, -0.25) is 14.0 Å². The van der Waals surface area contributed by atoms with E-state index >= 15 is 0 Å². The molecule has 4 rings (SSSR count). The van der Waals surface area contributed by atoms with Crippen molar-refractivity contribution in [3.63, 3.8) is 0 Å². The van der Waals surface area contributed by atoms with Gasteiger partial charge in [0.15, 0.2) is 11.5 Å². The van der Waals surface area contributed by atoms with Crippen LogP contribution in [0.25, 0.3) is 17.0 Å². The lowest BCUT2D eigenvalue weighted by atomic mass is 10.2. The smallest absolute Gasteiger partial charge is 0.259 e. The highest BCUT2D eigenvalue weighted by Crippen LogP contribution is 2.23. The van der Waals surface area contributed by atoms with Gasteiger partial charge in [0.1, 0.15) is 5.82 Å². The number of fused-ring (bicyclic) bond motifs is 1. The summed E-state index contributed by atoms with van der Waals surface area (Å²) in [5, 5.41) is 13.6. The number of nitrogens with one attached hydrogen (secondary N) is 2. The van der Waals surface area contributed by atoms with Gasteiger partial charge in [-0.25, -0.2) is 4.39 Å². The fourth-order valence-corrected chi connectivity index (χ4v) is 3.00. The lowest BCUT2D eigenvalue weighted by molar-refractivity contribution is -0.114. The van der Waals surface area contributed by atoms with Crippen molar-refractivity contribution in [2.45, 2.75) is 6.92 Å². The van der Waals surface area contributed by atoms with E-state index in [2.05, 4.69) is 20.8 Å². The van der Waals surface area contributed by atoms with Gasteiger partial charge in [0.2, 0.25) is 5.91 Å². The number of amides is 2. The number of anilines is 2. The van der Waals surface area contributed by atoms with Crippen molar-refractivity contribution in [1.82, 2.24) is 14.6 Å². The molecule has 8 heteroatoms. The topological polar surface area (TPSA) is 88.4 Å². The SMILES string of the molecule is CC(=O)Nc1cccc(NC(=O)c2cccn3c(-c4ccccc4F)nnc23)c1. The minimum absolute atomic E-state index is 0.206. The van der Waals surface area contributed by atoms with Crippen molar-refractivity contribution in [2.24, 2.45) is 0 Å². The van der Waals surface area contributed by atoms with Crippen molar-refractivity contribution in [2.75, 3.05) is 10.6 Å². The fourth-order valence-electron chi connectivity index (χ4n) is 3.00. The van der Waals surface area contributed by atoms with Gasteiger partial charge in [0.25, 0.3) is 5.91 Å². The molecule has 2 aromatic carbocycles. The number of benzene rings is 2.